The molecule has 0 aliphatic heterocycles. The molecule has 12 aliphatic rings. The van der Waals surface area contributed by atoms with Crippen LogP contribution in [0.2, 0.25) is 0 Å². The summed E-state index contributed by atoms with van der Waals surface area (Å²) in [5.41, 5.74) is 0. The molecule has 368 valence electrons. The van der Waals surface area contributed by atoms with Crippen LogP contribution in [0, 0.1) is 107 Å². The Hall–Kier alpha value is -0.0400. The van der Waals surface area contributed by atoms with Gasteiger partial charge in [-0.05, 0) is 248 Å². The Morgan fingerprint density at radius 1 is 0.169 bits per heavy atom. The van der Waals surface area contributed by atoms with E-state index in [2.05, 4.69) is 4.90 Å². The number of nitrogens with zero attached hydrogens (tertiary/aromatic N) is 1. The van der Waals surface area contributed by atoms with Crippen LogP contribution in [0.25, 0.3) is 0 Å². The van der Waals surface area contributed by atoms with Gasteiger partial charge in [0.25, 0.3) is 0 Å². The molecule has 12 fully saturated rings. The number of rotatable bonds is 8. The van der Waals surface area contributed by atoms with Crippen molar-refractivity contribution in [3.8, 4) is 0 Å². The summed E-state index contributed by atoms with van der Waals surface area (Å²) in [5, 5.41) is 0. The molecule has 0 bridgehead atoms. The Morgan fingerprint density at radius 3 is 0.815 bits per heavy atom. The Kier molecular flexibility index (Phi) is 15.1. The van der Waals surface area contributed by atoms with Crippen LogP contribution in [0.4, 0.5) is 0 Å². The van der Waals surface area contributed by atoms with E-state index in [1.807, 2.05) is 0 Å². The first kappa shape index (κ1) is 46.1. The van der Waals surface area contributed by atoms with Crippen LogP contribution in [-0.2, 0) is 0 Å². The maximum absolute atomic E-state index is 3.35. The second-order valence-corrected chi connectivity index (χ2v) is 28.1. The quantitative estimate of drug-likeness (QED) is 0.235. The molecular formula is C64H107N. The summed E-state index contributed by atoms with van der Waals surface area (Å²) < 4.78 is 0. The summed E-state index contributed by atoms with van der Waals surface area (Å²) >= 11 is 0. The van der Waals surface area contributed by atoms with Gasteiger partial charge < -0.3 is 0 Å². The molecule has 10 unspecified atom stereocenters. The van der Waals surface area contributed by atoms with E-state index in [-0.39, 0.29) is 0 Å². The summed E-state index contributed by atoms with van der Waals surface area (Å²) in [6.07, 6.45) is 68.4. The first-order valence-electron chi connectivity index (χ1n) is 32.1. The number of fused-ring (bicyclic) bond motifs is 4. The lowest BCUT2D eigenvalue weighted by molar-refractivity contribution is -0.175. The van der Waals surface area contributed by atoms with Crippen LogP contribution in [0.5, 0.6) is 0 Å². The van der Waals surface area contributed by atoms with Gasteiger partial charge in [0.2, 0.25) is 0 Å². The smallest absolute Gasteiger partial charge is 0.0104 e. The first-order valence-corrected chi connectivity index (χ1v) is 32.1. The fourth-order valence-electron chi connectivity index (χ4n) is 23.6. The first-order chi connectivity index (χ1) is 32.3. The van der Waals surface area contributed by atoms with Crippen molar-refractivity contribution in [2.24, 2.45) is 107 Å². The van der Waals surface area contributed by atoms with E-state index in [0.717, 1.165) is 125 Å². The van der Waals surface area contributed by atoms with E-state index in [0.29, 0.717) is 0 Å². The van der Waals surface area contributed by atoms with E-state index in [1.165, 1.54) is 70.6 Å². The van der Waals surface area contributed by atoms with Gasteiger partial charge in [-0.25, -0.2) is 0 Å². The van der Waals surface area contributed by atoms with Gasteiger partial charge >= 0.3 is 0 Å². The molecule has 0 aromatic heterocycles. The molecule has 12 saturated carbocycles. The van der Waals surface area contributed by atoms with E-state index >= 15 is 0 Å². The monoisotopic (exact) mass is 890 g/mol. The van der Waals surface area contributed by atoms with Gasteiger partial charge in [-0.15, -0.1) is 0 Å². The second kappa shape index (κ2) is 21.4. The molecular weight excluding hydrogens is 783 g/mol. The fraction of sp³-hybridized carbons (Fsp3) is 1.00. The fourth-order valence-corrected chi connectivity index (χ4v) is 23.6. The van der Waals surface area contributed by atoms with Crippen molar-refractivity contribution >= 4 is 0 Å². The Bertz CT molecular complexity index is 1380. The third kappa shape index (κ3) is 9.36. The standard InChI is InChI=1S/C64H107N/c1-4-19-44(20-5-1)45-35-37-46(38-36-45)47-39-41-48(42-40-47)61-53-27-10-14-31-57(53)63(58-32-15-11-28-54(58)61)64-59-33-16-12-29-55(59)62(56-30-13-17-34-60(56)64)49-21-18-26-52(43-49)65(50-22-6-2-7-23-50)51-24-8-3-9-25-51/h44-64H,1-43H2. The van der Waals surface area contributed by atoms with Crippen molar-refractivity contribution in [2.45, 2.75) is 294 Å². The molecule has 1 nitrogen and oxygen atoms in total. The van der Waals surface area contributed by atoms with Crippen LogP contribution in [0.15, 0.2) is 0 Å². The predicted molar refractivity (Wildman–Crippen MR) is 275 cm³/mol. The number of hydrogen-bond acceptors (Lipinski definition) is 1. The molecule has 1 heteroatoms. The van der Waals surface area contributed by atoms with Gasteiger partial charge in [-0.1, -0.05) is 135 Å². The molecule has 12 aliphatic carbocycles. The second-order valence-electron chi connectivity index (χ2n) is 28.1. The third-order valence-electron chi connectivity index (χ3n) is 25.7. The van der Waals surface area contributed by atoms with Gasteiger partial charge in [-0.3, -0.25) is 4.90 Å². The molecule has 0 amide bonds. The highest BCUT2D eigenvalue weighted by molar-refractivity contribution is 5.10. The van der Waals surface area contributed by atoms with Gasteiger partial charge in [0.15, 0.2) is 0 Å². The minimum absolute atomic E-state index is 0.930. The van der Waals surface area contributed by atoms with Gasteiger partial charge in [0.05, 0.1) is 0 Å². The topological polar surface area (TPSA) is 3.24 Å². The van der Waals surface area contributed by atoms with Crippen molar-refractivity contribution in [3.05, 3.63) is 0 Å². The summed E-state index contributed by atoms with van der Waals surface area (Å²) in [5.74, 6) is 19.9. The average molecular weight is 891 g/mol. The van der Waals surface area contributed by atoms with Gasteiger partial charge in [-0.2, -0.15) is 0 Å². The largest absolute Gasteiger partial charge is 0.294 e. The van der Waals surface area contributed by atoms with E-state index in [1.54, 1.807) is 205 Å². The van der Waals surface area contributed by atoms with E-state index < -0.39 is 0 Å². The lowest BCUT2D eigenvalue weighted by atomic mass is 9.39. The highest BCUT2D eigenvalue weighted by atomic mass is 15.2. The molecule has 0 radical (unpaired) electrons. The minimum Gasteiger partial charge on any atom is -0.294 e. The molecule has 65 heavy (non-hydrogen) atoms. The van der Waals surface area contributed by atoms with Gasteiger partial charge in [0, 0.05) is 18.1 Å². The van der Waals surface area contributed by atoms with Crippen LogP contribution < -0.4 is 0 Å². The van der Waals surface area contributed by atoms with Crippen molar-refractivity contribution in [3.63, 3.8) is 0 Å². The maximum Gasteiger partial charge on any atom is 0.0104 e. The Labute approximate surface area is 403 Å². The summed E-state index contributed by atoms with van der Waals surface area (Å²) in [6.45, 7) is 0. The van der Waals surface area contributed by atoms with Crippen LogP contribution in [0.3, 0.4) is 0 Å². The zero-order valence-electron chi connectivity index (χ0n) is 43.0. The van der Waals surface area contributed by atoms with E-state index in [4.69, 9.17) is 0 Å². The molecule has 0 spiro atoms. The molecule has 12 rings (SSSR count). The third-order valence-corrected chi connectivity index (χ3v) is 25.7. The summed E-state index contributed by atoms with van der Waals surface area (Å²) in [4.78, 5) is 3.35. The highest BCUT2D eigenvalue weighted by Gasteiger charge is 2.62. The lowest BCUT2D eigenvalue weighted by Gasteiger charge is -2.66. The van der Waals surface area contributed by atoms with Crippen LogP contribution in [-0.4, -0.2) is 23.0 Å². The molecule has 10 atom stereocenters. The summed E-state index contributed by atoms with van der Waals surface area (Å²) in [6, 6.07) is 2.80. The Morgan fingerprint density at radius 2 is 0.431 bits per heavy atom. The average Bonchev–Trinajstić information content (AvgIpc) is 3.38. The predicted octanol–water partition coefficient (Wildman–Crippen LogP) is 18.4. The summed E-state index contributed by atoms with van der Waals surface area (Å²) in [7, 11) is 0. The van der Waals surface area contributed by atoms with E-state index in [9.17, 15) is 0 Å². The Balaban J connectivity index is 0.781. The van der Waals surface area contributed by atoms with Crippen LogP contribution in [0.1, 0.15) is 276 Å². The molecule has 0 saturated heterocycles. The minimum atomic E-state index is 0.930. The molecule has 0 N–H and O–H groups in total. The maximum atomic E-state index is 3.35. The molecule has 0 aromatic rings. The normalized spacial score (nSPS) is 48.7. The number of hydrogen-bond donors (Lipinski definition) is 0. The zero-order chi connectivity index (χ0) is 43.1. The molecule has 0 heterocycles. The van der Waals surface area contributed by atoms with Gasteiger partial charge in [0.1, 0.15) is 0 Å². The van der Waals surface area contributed by atoms with Crippen LogP contribution >= 0.6 is 0 Å². The SMILES string of the molecule is C1CCC(C2CCC(C3CCC(C4C5CCCCC5C(C5C6CCCCC6C(C6CCCC(N(C7CCCCC7)C7CCCCC7)C6)C6CCCCC65)C5CCCCC54)CC3)CC2)CC1. The van der Waals surface area contributed by atoms with Crippen molar-refractivity contribution in [2.75, 3.05) is 0 Å². The lowest BCUT2D eigenvalue weighted by Crippen LogP contribution is -2.60. The van der Waals surface area contributed by atoms with Crippen molar-refractivity contribution in [1.82, 2.24) is 4.90 Å². The highest BCUT2D eigenvalue weighted by Crippen LogP contribution is 2.68. The molecule has 0 aromatic carbocycles. The van der Waals surface area contributed by atoms with Crippen molar-refractivity contribution < 1.29 is 0 Å². The van der Waals surface area contributed by atoms with Crippen molar-refractivity contribution in [1.29, 1.82) is 0 Å². The zero-order valence-corrected chi connectivity index (χ0v) is 43.0.